The molecular weight excluding hydrogens is 170 g/mol. The largest absolute Gasteiger partial charge is 0.327 e. The number of likely N-dealkylation sites (N-methyl/N-ethyl adjacent to an activating group) is 1. The summed E-state index contributed by atoms with van der Waals surface area (Å²) in [4.78, 5) is 25.1. The summed E-state index contributed by atoms with van der Waals surface area (Å²) in [7, 11) is 1.59. The fraction of sp³-hybridized carbons (Fsp3) is 0.500. The number of carbonyl (C=O) groups is 2. The number of nitrogens with two attached hydrogens (primary N) is 1. The van der Waals surface area contributed by atoms with Crippen LogP contribution in [0.1, 0.15) is 0 Å². The van der Waals surface area contributed by atoms with E-state index >= 15 is 0 Å². The van der Waals surface area contributed by atoms with Crippen LogP contribution in [0.4, 0.5) is 4.79 Å². The summed E-state index contributed by atoms with van der Waals surface area (Å²) in [5, 5.41) is 0. The molecule has 0 spiro atoms. The Hall–Kier alpha value is -1.36. The first-order chi connectivity index (χ1) is 6.06. The van der Waals surface area contributed by atoms with Crippen molar-refractivity contribution in [2.24, 2.45) is 5.73 Å². The number of urea groups is 1. The molecule has 0 atom stereocenters. The third kappa shape index (κ3) is 1.86. The van der Waals surface area contributed by atoms with Gasteiger partial charge in [-0.25, -0.2) is 4.79 Å². The Balaban J connectivity index is 2.64. The highest BCUT2D eigenvalue weighted by Gasteiger charge is 2.33. The number of amides is 3. The van der Waals surface area contributed by atoms with E-state index in [1.54, 1.807) is 7.05 Å². The van der Waals surface area contributed by atoms with Crippen molar-refractivity contribution in [3.63, 3.8) is 0 Å². The minimum atomic E-state index is -0.278. The third-order valence-corrected chi connectivity index (χ3v) is 1.90. The lowest BCUT2D eigenvalue weighted by Crippen LogP contribution is -2.34. The first kappa shape index (κ1) is 9.73. The van der Waals surface area contributed by atoms with Gasteiger partial charge in [-0.15, -0.1) is 0 Å². The van der Waals surface area contributed by atoms with Gasteiger partial charge in [-0.2, -0.15) is 0 Å². The molecule has 0 aromatic carbocycles. The van der Waals surface area contributed by atoms with Gasteiger partial charge >= 0.3 is 6.03 Å². The molecule has 0 aromatic heterocycles. The number of imide groups is 1. The Morgan fingerprint density at radius 2 is 2.23 bits per heavy atom. The van der Waals surface area contributed by atoms with E-state index in [2.05, 4.69) is 6.58 Å². The molecule has 1 rings (SSSR count). The van der Waals surface area contributed by atoms with Crippen LogP contribution >= 0.6 is 0 Å². The van der Waals surface area contributed by atoms with Crippen molar-refractivity contribution in [1.29, 1.82) is 0 Å². The van der Waals surface area contributed by atoms with E-state index in [-0.39, 0.29) is 25.0 Å². The number of carbonyl (C=O) groups excluding carboxylic acids is 2. The molecular formula is C8H13N3O2. The van der Waals surface area contributed by atoms with Gasteiger partial charge in [-0.1, -0.05) is 6.58 Å². The Kier molecular flexibility index (Phi) is 2.67. The molecule has 0 bridgehead atoms. The van der Waals surface area contributed by atoms with Gasteiger partial charge in [0.1, 0.15) is 6.54 Å². The van der Waals surface area contributed by atoms with Crippen LogP contribution in [0.5, 0.6) is 0 Å². The smallest absolute Gasteiger partial charge is 0.327 e. The SMILES string of the molecule is C=C(CN)CN1C(=O)CN(C)C1=O. The normalized spacial score (nSPS) is 17.1. The maximum absolute atomic E-state index is 11.3. The second kappa shape index (κ2) is 3.57. The summed E-state index contributed by atoms with van der Waals surface area (Å²) in [5.41, 5.74) is 5.99. The van der Waals surface area contributed by atoms with Crippen LogP contribution in [-0.4, -0.2) is 48.4 Å². The Morgan fingerprint density at radius 3 is 2.62 bits per heavy atom. The molecule has 1 aliphatic heterocycles. The number of rotatable bonds is 3. The van der Waals surface area contributed by atoms with E-state index in [1.807, 2.05) is 0 Å². The van der Waals surface area contributed by atoms with Crippen LogP contribution in [0.3, 0.4) is 0 Å². The van der Waals surface area contributed by atoms with Gasteiger partial charge in [0.2, 0.25) is 0 Å². The zero-order valence-electron chi connectivity index (χ0n) is 7.62. The maximum Gasteiger partial charge on any atom is 0.327 e. The lowest BCUT2D eigenvalue weighted by Gasteiger charge is -2.14. The highest BCUT2D eigenvalue weighted by atomic mass is 16.2. The van der Waals surface area contributed by atoms with Gasteiger partial charge in [0, 0.05) is 13.6 Å². The number of hydrogen-bond acceptors (Lipinski definition) is 3. The van der Waals surface area contributed by atoms with Crippen molar-refractivity contribution in [1.82, 2.24) is 9.80 Å². The zero-order valence-corrected chi connectivity index (χ0v) is 7.62. The van der Waals surface area contributed by atoms with E-state index < -0.39 is 0 Å². The Bertz CT molecular complexity index is 262. The predicted octanol–water partition coefficient (Wildman–Crippen LogP) is -0.605. The van der Waals surface area contributed by atoms with Gasteiger partial charge in [0.15, 0.2) is 0 Å². The monoisotopic (exact) mass is 183 g/mol. The highest BCUT2D eigenvalue weighted by Crippen LogP contribution is 2.09. The molecule has 1 aliphatic rings. The molecule has 13 heavy (non-hydrogen) atoms. The number of nitrogens with zero attached hydrogens (tertiary/aromatic N) is 2. The predicted molar refractivity (Wildman–Crippen MR) is 47.9 cm³/mol. The molecule has 1 fully saturated rings. The van der Waals surface area contributed by atoms with E-state index in [0.717, 1.165) is 4.90 Å². The van der Waals surface area contributed by atoms with Crippen LogP contribution in [0.15, 0.2) is 12.2 Å². The average molecular weight is 183 g/mol. The van der Waals surface area contributed by atoms with Crippen molar-refractivity contribution < 1.29 is 9.59 Å². The van der Waals surface area contributed by atoms with Gasteiger partial charge in [0.05, 0.1) is 6.54 Å². The summed E-state index contributed by atoms with van der Waals surface area (Å²) in [6.07, 6.45) is 0. The lowest BCUT2D eigenvalue weighted by molar-refractivity contribution is -0.125. The van der Waals surface area contributed by atoms with Gasteiger partial charge in [-0.05, 0) is 5.57 Å². The molecule has 0 unspecified atom stereocenters. The lowest BCUT2D eigenvalue weighted by atomic mass is 10.3. The van der Waals surface area contributed by atoms with E-state index in [9.17, 15) is 9.59 Å². The molecule has 3 amide bonds. The zero-order chi connectivity index (χ0) is 10.0. The fourth-order valence-corrected chi connectivity index (χ4v) is 1.11. The van der Waals surface area contributed by atoms with Gasteiger partial charge in [-0.3, -0.25) is 9.69 Å². The van der Waals surface area contributed by atoms with Gasteiger partial charge in [0.25, 0.3) is 5.91 Å². The molecule has 5 nitrogen and oxygen atoms in total. The van der Waals surface area contributed by atoms with Crippen LogP contribution in [-0.2, 0) is 4.79 Å². The van der Waals surface area contributed by atoms with Crippen molar-refractivity contribution in [3.05, 3.63) is 12.2 Å². The molecule has 72 valence electrons. The highest BCUT2D eigenvalue weighted by molar-refractivity contribution is 6.02. The van der Waals surface area contributed by atoms with E-state index in [1.165, 1.54) is 4.90 Å². The molecule has 0 aliphatic carbocycles. The summed E-state index contributed by atoms with van der Waals surface area (Å²) in [5.74, 6) is -0.192. The Morgan fingerprint density at radius 1 is 1.62 bits per heavy atom. The van der Waals surface area contributed by atoms with E-state index in [4.69, 9.17) is 5.73 Å². The van der Waals surface area contributed by atoms with Gasteiger partial charge < -0.3 is 10.6 Å². The average Bonchev–Trinajstić information content (AvgIpc) is 2.32. The van der Waals surface area contributed by atoms with Crippen molar-refractivity contribution in [2.45, 2.75) is 0 Å². The van der Waals surface area contributed by atoms with Crippen molar-refractivity contribution >= 4 is 11.9 Å². The molecule has 0 radical (unpaired) electrons. The van der Waals surface area contributed by atoms with E-state index in [0.29, 0.717) is 12.1 Å². The first-order valence-corrected chi connectivity index (χ1v) is 3.98. The molecule has 0 saturated carbocycles. The van der Waals surface area contributed by atoms with Crippen LogP contribution < -0.4 is 5.73 Å². The third-order valence-electron chi connectivity index (χ3n) is 1.90. The molecule has 0 aromatic rings. The topological polar surface area (TPSA) is 66.6 Å². The number of hydrogen-bond donors (Lipinski definition) is 1. The maximum atomic E-state index is 11.3. The summed E-state index contributed by atoms with van der Waals surface area (Å²) < 4.78 is 0. The quantitative estimate of drug-likeness (QED) is 0.469. The summed E-state index contributed by atoms with van der Waals surface area (Å²) in [6, 6.07) is -0.278. The standard InChI is InChI=1S/C8H13N3O2/c1-6(3-9)4-11-7(12)5-10(2)8(11)13/h1,3-5,9H2,2H3. The summed E-state index contributed by atoms with van der Waals surface area (Å²) in [6.45, 7) is 4.32. The minimum absolute atomic E-state index is 0.149. The molecule has 5 heteroatoms. The molecule has 2 N–H and O–H groups in total. The molecule has 1 saturated heterocycles. The van der Waals surface area contributed by atoms with Crippen LogP contribution in [0.25, 0.3) is 0 Å². The first-order valence-electron chi connectivity index (χ1n) is 3.98. The van der Waals surface area contributed by atoms with Crippen LogP contribution in [0.2, 0.25) is 0 Å². The summed E-state index contributed by atoms with van der Waals surface area (Å²) >= 11 is 0. The molecule has 1 heterocycles. The Labute approximate surface area is 76.8 Å². The fourth-order valence-electron chi connectivity index (χ4n) is 1.11. The second-order valence-corrected chi connectivity index (χ2v) is 3.07. The van der Waals surface area contributed by atoms with Crippen molar-refractivity contribution in [2.75, 3.05) is 26.7 Å². The van der Waals surface area contributed by atoms with Crippen LogP contribution in [0, 0.1) is 0 Å². The minimum Gasteiger partial charge on any atom is -0.327 e. The van der Waals surface area contributed by atoms with Crippen molar-refractivity contribution in [3.8, 4) is 0 Å². The second-order valence-electron chi connectivity index (χ2n) is 3.07.